The fourth-order valence-electron chi connectivity index (χ4n) is 1.80. The summed E-state index contributed by atoms with van der Waals surface area (Å²) in [5.41, 5.74) is 4.73. The third-order valence-corrected chi connectivity index (χ3v) is 2.98. The summed E-state index contributed by atoms with van der Waals surface area (Å²) < 4.78 is 43.8. The van der Waals surface area contributed by atoms with Gasteiger partial charge in [-0.05, 0) is 23.6 Å². The molecule has 0 fully saturated rings. The minimum absolute atomic E-state index is 0.0994. The molecule has 108 valence electrons. The van der Waals surface area contributed by atoms with E-state index in [1.165, 1.54) is 19.2 Å². The number of aliphatic hydroxyl groups is 1. The van der Waals surface area contributed by atoms with Crippen molar-refractivity contribution in [2.24, 2.45) is 11.7 Å². The molecule has 3 N–H and O–H groups in total. The van der Waals surface area contributed by atoms with Gasteiger partial charge in [0, 0.05) is 0 Å². The molecule has 0 spiro atoms. The van der Waals surface area contributed by atoms with Gasteiger partial charge in [-0.25, -0.2) is 0 Å². The summed E-state index contributed by atoms with van der Waals surface area (Å²) in [6.45, 7) is 3.39. The first-order valence-electron chi connectivity index (χ1n) is 5.87. The lowest BCUT2D eigenvalue weighted by molar-refractivity contribution is -0.138. The Labute approximate surface area is 110 Å². The second kappa shape index (κ2) is 5.79. The summed E-state index contributed by atoms with van der Waals surface area (Å²) in [5, 5.41) is 9.84. The number of ether oxygens (including phenoxy) is 1. The lowest BCUT2D eigenvalue weighted by Crippen LogP contribution is -2.32. The van der Waals surface area contributed by atoms with Gasteiger partial charge in [0.25, 0.3) is 0 Å². The average Bonchev–Trinajstić information content (AvgIpc) is 2.35. The predicted octanol–water partition coefficient (Wildman–Crippen LogP) is 2.73. The molecule has 19 heavy (non-hydrogen) atoms. The second-order valence-corrected chi connectivity index (χ2v) is 4.71. The summed E-state index contributed by atoms with van der Waals surface area (Å²) in [6, 6.07) is 2.44. The van der Waals surface area contributed by atoms with Gasteiger partial charge in [0.1, 0.15) is 5.75 Å². The van der Waals surface area contributed by atoms with E-state index in [2.05, 4.69) is 0 Å². The number of hydrogen-bond acceptors (Lipinski definition) is 3. The zero-order valence-corrected chi connectivity index (χ0v) is 11.0. The van der Waals surface area contributed by atoms with Crippen LogP contribution in [0.2, 0.25) is 0 Å². The van der Waals surface area contributed by atoms with E-state index < -0.39 is 23.9 Å². The molecule has 0 aliphatic rings. The highest BCUT2D eigenvalue weighted by atomic mass is 19.4. The molecule has 0 radical (unpaired) electrons. The van der Waals surface area contributed by atoms with Crippen LogP contribution in [0.5, 0.6) is 5.75 Å². The standard InChI is InChI=1S/C13H18F3NO2/c1-7(2)12(18)11(17)9-5-4-8(19-3)6-10(9)13(14,15)16/h4-7,11-12,18H,17H2,1-3H3/t11-,12+/m1/s1. The Hall–Kier alpha value is -1.27. The predicted molar refractivity (Wildman–Crippen MR) is 65.8 cm³/mol. The molecule has 0 aliphatic heterocycles. The zero-order valence-electron chi connectivity index (χ0n) is 11.0. The molecule has 1 aromatic rings. The van der Waals surface area contributed by atoms with Gasteiger partial charge < -0.3 is 15.6 Å². The van der Waals surface area contributed by atoms with Gasteiger partial charge in [-0.3, -0.25) is 0 Å². The number of nitrogens with two attached hydrogens (primary N) is 1. The molecule has 6 heteroatoms. The molecule has 0 saturated heterocycles. The highest BCUT2D eigenvalue weighted by Gasteiger charge is 2.36. The lowest BCUT2D eigenvalue weighted by Gasteiger charge is -2.25. The maximum atomic E-state index is 13.0. The number of alkyl halides is 3. The monoisotopic (exact) mass is 277 g/mol. The molecule has 0 bridgehead atoms. The number of rotatable bonds is 4. The van der Waals surface area contributed by atoms with Crippen LogP contribution in [0.4, 0.5) is 13.2 Å². The van der Waals surface area contributed by atoms with Gasteiger partial charge in [-0.2, -0.15) is 13.2 Å². The molecular weight excluding hydrogens is 259 g/mol. The van der Waals surface area contributed by atoms with Crippen LogP contribution in [-0.2, 0) is 6.18 Å². The summed E-state index contributed by atoms with van der Waals surface area (Å²) in [5.74, 6) is -0.138. The van der Waals surface area contributed by atoms with Gasteiger partial charge in [0.2, 0.25) is 0 Å². The van der Waals surface area contributed by atoms with Crippen molar-refractivity contribution in [3.8, 4) is 5.75 Å². The smallest absolute Gasteiger partial charge is 0.416 e. The average molecular weight is 277 g/mol. The fraction of sp³-hybridized carbons (Fsp3) is 0.538. The lowest BCUT2D eigenvalue weighted by atomic mass is 9.91. The first-order chi connectivity index (χ1) is 8.68. The van der Waals surface area contributed by atoms with Crippen LogP contribution in [0.3, 0.4) is 0 Å². The van der Waals surface area contributed by atoms with E-state index in [4.69, 9.17) is 10.5 Å². The van der Waals surface area contributed by atoms with E-state index in [1.54, 1.807) is 13.8 Å². The van der Waals surface area contributed by atoms with Crippen LogP contribution in [0.15, 0.2) is 18.2 Å². The largest absolute Gasteiger partial charge is 0.497 e. The summed E-state index contributed by atoms with van der Waals surface area (Å²) >= 11 is 0. The van der Waals surface area contributed by atoms with E-state index in [0.29, 0.717) is 0 Å². The first kappa shape index (κ1) is 15.8. The Bertz CT molecular complexity index is 432. The Kier molecular flexibility index (Phi) is 4.81. The third kappa shape index (κ3) is 3.61. The van der Waals surface area contributed by atoms with Crippen LogP contribution in [0.1, 0.15) is 31.0 Å². The third-order valence-electron chi connectivity index (χ3n) is 2.98. The molecule has 0 aliphatic carbocycles. The number of benzene rings is 1. The van der Waals surface area contributed by atoms with Gasteiger partial charge in [0.15, 0.2) is 0 Å². The van der Waals surface area contributed by atoms with E-state index in [9.17, 15) is 18.3 Å². The fourth-order valence-corrected chi connectivity index (χ4v) is 1.80. The van der Waals surface area contributed by atoms with Crippen LogP contribution < -0.4 is 10.5 Å². The van der Waals surface area contributed by atoms with Crippen molar-refractivity contribution in [1.29, 1.82) is 0 Å². The van der Waals surface area contributed by atoms with Gasteiger partial charge in [-0.1, -0.05) is 19.9 Å². The molecule has 0 amide bonds. The van der Waals surface area contributed by atoms with E-state index in [0.717, 1.165) is 6.07 Å². The molecule has 0 aromatic heterocycles. The molecule has 2 atom stereocenters. The Morgan fingerprint density at radius 2 is 1.84 bits per heavy atom. The van der Waals surface area contributed by atoms with Gasteiger partial charge >= 0.3 is 6.18 Å². The molecule has 3 nitrogen and oxygen atoms in total. The topological polar surface area (TPSA) is 55.5 Å². The van der Waals surface area contributed by atoms with Gasteiger partial charge in [0.05, 0.1) is 24.8 Å². The van der Waals surface area contributed by atoms with Crippen LogP contribution in [0, 0.1) is 5.92 Å². The minimum Gasteiger partial charge on any atom is -0.497 e. The molecule has 0 heterocycles. The number of methoxy groups -OCH3 is 1. The van der Waals surface area contributed by atoms with E-state index >= 15 is 0 Å². The highest BCUT2D eigenvalue weighted by Crippen LogP contribution is 2.37. The van der Waals surface area contributed by atoms with Crippen molar-refractivity contribution < 1.29 is 23.0 Å². The maximum Gasteiger partial charge on any atom is 0.416 e. The van der Waals surface area contributed by atoms with Crippen molar-refractivity contribution in [2.45, 2.75) is 32.2 Å². The molecule has 1 rings (SSSR count). The van der Waals surface area contributed by atoms with Crippen molar-refractivity contribution >= 4 is 0 Å². The second-order valence-electron chi connectivity index (χ2n) is 4.71. The van der Waals surface area contributed by atoms with Crippen LogP contribution >= 0.6 is 0 Å². The van der Waals surface area contributed by atoms with Gasteiger partial charge in [-0.15, -0.1) is 0 Å². The Morgan fingerprint density at radius 3 is 2.26 bits per heavy atom. The quantitative estimate of drug-likeness (QED) is 0.889. The normalized spacial score (nSPS) is 15.4. The molecular formula is C13H18F3NO2. The maximum absolute atomic E-state index is 13.0. The van der Waals surface area contributed by atoms with E-state index in [1.807, 2.05) is 0 Å². The number of aliphatic hydroxyl groups excluding tert-OH is 1. The van der Waals surface area contributed by atoms with Crippen LogP contribution in [0.25, 0.3) is 0 Å². The number of hydrogen-bond donors (Lipinski definition) is 2. The van der Waals surface area contributed by atoms with Crippen molar-refractivity contribution in [3.63, 3.8) is 0 Å². The summed E-state index contributed by atoms with van der Waals surface area (Å²) in [4.78, 5) is 0. The van der Waals surface area contributed by atoms with Crippen molar-refractivity contribution in [3.05, 3.63) is 29.3 Å². The Balaban J connectivity index is 3.27. The molecule has 1 aromatic carbocycles. The summed E-state index contributed by atoms with van der Waals surface area (Å²) in [7, 11) is 1.29. The number of halogens is 3. The first-order valence-corrected chi connectivity index (χ1v) is 5.87. The molecule has 0 saturated carbocycles. The van der Waals surface area contributed by atoms with Crippen molar-refractivity contribution in [1.82, 2.24) is 0 Å². The SMILES string of the molecule is COc1ccc([C@@H](N)[C@@H](O)C(C)C)c(C(F)(F)F)c1. The molecule has 0 unspecified atom stereocenters. The van der Waals surface area contributed by atoms with Crippen LogP contribution in [-0.4, -0.2) is 18.3 Å². The Morgan fingerprint density at radius 1 is 1.26 bits per heavy atom. The summed E-state index contributed by atoms with van der Waals surface area (Å²) in [6.07, 6.45) is -5.59. The van der Waals surface area contributed by atoms with E-state index in [-0.39, 0.29) is 17.2 Å². The highest BCUT2D eigenvalue weighted by molar-refractivity contribution is 5.39. The zero-order chi connectivity index (χ0) is 14.8. The minimum atomic E-state index is -4.54. The van der Waals surface area contributed by atoms with Crippen molar-refractivity contribution in [2.75, 3.05) is 7.11 Å².